The molecule has 0 radical (unpaired) electrons. The van der Waals surface area contributed by atoms with Crippen molar-refractivity contribution in [1.82, 2.24) is 4.98 Å². The molecule has 0 aliphatic heterocycles. The summed E-state index contributed by atoms with van der Waals surface area (Å²) in [4.78, 5) is 16.0. The summed E-state index contributed by atoms with van der Waals surface area (Å²) in [7, 11) is 0. The van der Waals surface area contributed by atoms with E-state index < -0.39 is 11.9 Å². The number of rotatable bonds is 11. The minimum absolute atomic E-state index is 0.00936. The summed E-state index contributed by atoms with van der Waals surface area (Å²) in [5.41, 5.74) is 27.7. The fourth-order valence-corrected chi connectivity index (χ4v) is 3.53. The summed E-state index contributed by atoms with van der Waals surface area (Å²) in [5.74, 6) is -0.0663. The van der Waals surface area contributed by atoms with Crippen LogP contribution < -0.4 is 33.0 Å². The zero-order valence-corrected chi connectivity index (χ0v) is 19.5. The molecule has 10 nitrogen and oxygen atoms in total. The highest BCUT2D eigenvalue weighted by atomic mass is 16.5. The minimum Gasteiger partial charge on any atom is -0.487 e. The largest absolute Gasteiger partial charge is 0.487 e. The van der Waals surface area contributed by atoms with Crippen LogP contribution in [0.2, 0.25) is 0 Å². The normalized spacial score (nSPS) is 11.5. The lowest BCUT2D eigenvalue weighted by Crippen LogP contribution is -2.23. The lowest BCUT2D eigenvalue weighted by atomic mass is 10.0. The van der Waals surface area contributed by atoms with Crippen LogP contribution >= 0.6 is 0 Å². The quantitative estimate of drug-likeness (QED) is 0.162. The van der Waals surface area contributed by atoms with Gasteiger partial charge >= 0.3 is 0 Å². The highest BCUT2D eigenvalue weighted by Crippen LogP contribution is 2.31. The summed E-state index contributed by atoms with van der Waals surface area (Å²) in [6.45, 7) is 2.56. The number of pyridine rings is 1. The van der Waals surface area contributed by atoms with Crippen molar-refractivity contribution in [3.05, 3.63) is 88.2 Å². The molecular formula is C25H30N8O2. The highest BCUT2D eigenvalue weighted by molar-refractivity contribution is 5.95. The van der Waals surface area contributed by atoms with Gasteiger partial charge in [0.15, 0.2) is 0 Å². The van der Waals surface area contributed by atoms with Gasteiger partial charge in [0.2, 0.25) is 5.91 Å². The van der Waals surface area contributed by atoms with Crippen molar-refractivity contribution in [3.8, 4) is 5.75 Å². The fraction of sp³-hybridized carbons (Fsp3) is 0.200. The number of aromatic nitrogens is 1. The molecule has 35 heavy (non-hydrogen) atoms. The Morgan fingerprint density at radius 2 is 1.74 bits per heavy atom. The van der Waals surface area contributed by atoms with Crippen LogP contribution in [0.4, 0.5) is 5.69 Å². The van der Waals surface area contributed by atoms with Crippen LogP contribution in [-0.4, -0.2) is 22.6 Å². The van der Waals surface area contributed by atoms with Crippen molar-refractivity contribution in [2.24, 2.45) is 22.9 Å². The number of primary amides is 1. The van der Waals surface area contributed by atoms with Gasteiger partial charge in [-0.05, 0) is 53.9 Å². The number of nitrogens with two attached hydrogens (primary N) is 4. The molecule has 10 heteroatoms. The van der Waals surface area contributed by atoms with Crippen LogP contribution in [-0.2, 0) is 17.9 Å². The van der Waals surface area contributed by atoms with Gasteiger partial charge in [0.1, 0.15) is 24.0 Å². The van der Waals surface area contributed by atoms with E-state index in [-0.39, 0.29) is 24.7 Å². The third-order valence-corrected chi connectivity index (χ3v) is 5.49. The SMILES string of the molecule is Cc1c(CNc2ccc(C(=N)N)cc2)cnc(C(N)CC(N)=O)c1OCc1cccc(C(=N)N)c1. The van der Waals surface area contributed by atoms with Gasteiger partial charge in [-0.15, -0.1) is 0 Å². The predicted molar refractivity (Wildman–Crippen MR) is 136 cm³/mol. The van der Waals surface area contributed by atoms with Crippen molar-refractivity contribution in [2.75, 3.05) is 5.32 Å². The zero-order valence-electron chi connectivity index (χ0n) is 19.5. The first-order chi connectivity index (χ1) is 16.7. The molecular weight excluding hydrogens is 444 g/mol. The Morgan fingerprint density at radius 3 is 2.37 bits per heavy atom. The van der Waals surface area contributed by atoms with Gasteiger partial charge < -0.3 is 33.0 Å². The highest BCUT2D eigenvalue weighted by Gasteiger charge is 2.20. The number of carbonyl (C=O) groups excluding carboxylic acids is 1. The summed E-state index contributed by atoms with van der Waals surface area (Å²) in [5, 5.41) is 18.5. The molecule has 0 saturated carbocycles. The van der Waals surface area contributed by atoms with Crippen LogP contribution in [0.3, 0.4) is 0 Å². The van der Waals surface area contributed by atoms with Gasteiger partial charge in [-0.1, -0.05) is 18.2 Å². The summed E-state index contributed by atoms with van der Waals surface area (Å²) < 4.78 is 6.16. The molecule has 1 amide bonds. The van der Waals surface area contributed by atoms with E-state index in [2.05, 4.69) is 10.3 Å². The maximum atomic E-state index is 11.5. The van der Waals surface area contributed by atoms with Crippen molar-refractivity contribution < 1.29 is 9.53 Å². The molecule has 1 atom stereocenters. The average Bonchev–Trinajstić information content (AvgIpc) is 2.82. The van der Waals surface area contributed by atoms with E-state index in [1.165, 1.54) is 0 Å². The number of carbonyl (C=O) groups is 1. The molecule has 3 rings (SSSR count). The van der Waals surface area contributed by atoms with Crippen molar-refractivity contribution in [3.63, 3.8) is 0 Å². The molecule has 11 N–H and O–H groups in total. The number of nitrogens with one attached hydrogen (secondary N) is 3. The van der Waals surface area contributed by atoms with Crippen LogP contribution in [0.25, 0.3) is 0 Å². The second kappa shape index (κ2) is 11.1. The molecule has 1 aromatic heterocycles. The molecule has 0 fully saturated rings. The number of amides is 1. The first-order valence-corrected chi connectivity index (χ1v) is 10.9. The van der Waals surface area contributed by atoms with Gasteiger partial charge in [-0.3, -0.25) is 20.6 Å². The first-order valence-electron chi connectivity index (χ1n) is 10.9. The topological polar surface area (TPSA) is 203 Å². The standard InChI is InChI=1S/C25H30N8O2/c1-14-18(11-32-19-7-5-16(6-8-19)24(28)29)12-33-22(20(26)10-21(27)34)23(14)35-13-15-3-2-4-17(9-15)25(30)31/h2-9,12,20,32H,10-11,13,26H2,1H3,(H2,27,34)(H3,28,29)(H3,30,31). The van der Waals surface area contributed by atoms with E-state index in [9.17, 15) is 4.79 Å². The van der Waals surface area contributed by atoms with E-state index in [0.29, 0.717) is 29.1 Å². The molecule has 182 valence electrons. The third-order valence-electron chi connectivity index (χ3n) is 5.49. The van der Waals surface area contributed by atoms with Gasteiger partial charge in [-0.25, -0.2) is 0 Å². The Labute approximate surface area is 203 Å². The second-order valence-electron chi connectivity index (χ2n) is 8.15. The van der Waals surface area contributed by atoms with E-state index in [1.807, 2.05) is 25.1 Å². The summed E-state index contributed by atoms with van der Waals surface area (Å²) in [6.07, 6.45) is 1.63. The zero-order chi connectivity index (χ0) is 25.5. The van der Waals surface area contributed by atoms with Gasteiger partial charge in [0, 0.05) is 36.0 Å². The number of nitrogen functional groups attached to an aromatic ring is 2. The van der Waals surface area contributed by atoms with Gasteiger partial charge in [-0.2, -0.15) is 0 Å². The smallest absolute Gasteiger partial charge is 0.219 e. The minimum atomic E-state index is -0.717. The Bertz CT molecular complexity index is 1240. The lowest BCUT2D eigenvalue weighted by Gasteiger charge is -2.20. The van der Waals surface area contributed by atoms with Crippen LogP contribution in [0.5, 0.6) is 5.75 Å². The number of hydrogen-bond acceptors (Lipinski definition) is 7. The molecule has 0 bridgehead atoms. The van der Waals surface area contributed by atoms with E-state index >= 15 is 0 Å². The number of ether oxygens (including phenoxy) is 1. The number of amidine groups is 2. The number of benzene rings is 2. The molecule has 1 heterocycles. The molecule has 0 aliphatic rings. The molecule has 3 aromatic rings. The Balaban J connectivity index is 1.85. The van der Waals surface area contributed by atoms with E-state index in [1.54, 1.807) is 36.5 Å². The average molecular weight is 475 g/mol. The van der Waals surface area contributed by atoms with Crippen molar-refractivity contribution >= 4 is 23.3 Å². The molecule has 0 spiro atoms. The maximum absolute atomic E-state index is 11.5. The van der Waals surface area contributed by atoms with Crippen LogP contribution in [0.15, 0.2) is 54.7 Å². The maximum Gasteiger partial charge on any atom is 0.219 e. The molecule has 0 saturated heterocycles. The summed E-state index contributed by atoms with van der Waals surface area (Å²) in [6, 6.07) is 13.7. The van der Waals surface area contributed by atoms with Gasteiger partial charge in [0.25, 0.3) is 0 Å². The summed E-state index contributed by atoms with van der Waals surface area (Å²) >= 11 is 0. The van der Waals surface area contributed by atoms with Crippen molar-refractivity contribution in [2.45, 2.75) is 32.5 Å². The number of anilines is 1. The first kappa shape index (κ1) is 25.2. The lowest BCUT2D eigenvalue weighted by molar-refractivity contribution is -0.118. The fourth-order valence-electron chi connectivity index (χ4n) is 3.53. The van der Waals surface area contributed by atoms with Gasteiger partial charge in [0.05, 0.1) is 11.7 Å². The number of hydrogen-bond donors (Lipinski definition) is 7. The predicted octanol–water partition coefficient (Wildman–Crippen LogP) is 2.02. The van der Waals surface area contributed by atoms with E-state index in [4.69, 9.17) is 38.5 Å². The Morgan fingerprint density at radius 1 is 1.06 bits per heavy atom. The van der Waals surface area contributed by atoms with Crippen LogP contribution in [0, 0.1) is 17.7 Å². The third kappa shape index (κ3) is 6.55. The van der Waals surface area contributed by atoms with E-state index in [0.717, 1.165) is 22.4 Å². The number of nitrogens with zero attached hydrogens (tertiary/aromatic N) is 1. The molecule has 1 unspecified atom stereocenters. The van der Waals surface area contributed by atoms with Crippen LogP contribution in [0.1, 0.15) is 46.0 Å². The second-order valence-corrected chi connectivity index (χ2v) is 8.15. The Kier molecular flexibility index (Phi) is 8.00. The monoisotopic (exact) mass is 474 g/mol. The molecule has 2 aromatic carbocycles. The molecule has 0 aliphatic carbocycles. The Hall–Kier alpha value is -4.44. The van der Waals surface area contributed by atoms with Crippen molar-refractivity contribution in [1.29, 1.82) is 10.8 Å².